The van der Waals surface area contributed by atoms with Gasteiger partial charge in [-0.3, -0.25) is 15.0 Å². The molecule has 2 N–H and O–H groups in total. The van der Waals surface area contributed by atoms with Gasteiger partial charge in [-0.25, -0.2) is 0 Å². The molecule has 0 amide bonds. The number of hydrazine groups is 1. The Balaban J connectivity index is 3.63. The van der Waals surface area contributed by atoms with Gasteiger partial charge in [-0.05, 0) is 0 Å². The molecule has 0 saturated heterocycles. The smallest absolute Gasteiger partial charge is 0.282 e. The van der Waals surface area contributed by atoms with Gasteiger partial charge in [0.2, 0.25) is 0 Å². The normalized spacial score (nSPS) is 13.1. The molecule has 66 valence electrons. The molecule has 0 fully saturated rings. The van der Waals surface area contributed by atoms with Crippen molar-refractivity contribution in [3.8, 4) is 0 Å². The van der Waals surface area contributed by atoms with E-state index >= 15 is 0 Å². The van der Waals surface area contributed by atoms with Crippen LogP contribution in [0.5, 0.6) is 0 Å². The van der Waals surface area contributed by atoms with Gasteiger partial charge in [0.25, 0.3) is 10.1 Å². The molecular weight excluding hydrogens is 168 g/mol. The van der Waals surface area contributed by atoms with E-state index in [-0.39, 0.29) is 0 Å². The fourth-order valence-corrected chi connectivity index (χ4v) is 0.744. The van der Waals surface area contributed by atoms with Crippen molar-refractivity contribution in [2.75, 3.05) is 20.6 Å². The first-order chi connectivity index (χ1) is 4.92. The zero-order valence-electron chi connectivity index (χ0n) is 6.48. The Morgan fingerprint density at radius 3 is 2.45 bits per heavy atom. The van der Waals surface area contributed by atoms with Gasteiger partial charge >= 0.3 is 0 Å². The van der Waals surface area contributed by atoms with Crippen molar-refractivity contribution >= 4 is 10.1 Å². The monoisotopic (exact) mass is 180 g/mol. The van der Waals surface area contributed by atoms with Gasteiger partial charge in [0.1, 0.15) is 0 Å². The maximum absolute atomic E-state index is 10.1. The summed E-state index contributed by atoms with van der Waals surface area (Å²) < 4.78 is 28.4. The number of hydrogen-bond acceptors (Lipinski definition) is 4. The molecule has 0 bridgehead atoms. The van der Waals surface area contributed by atoms with Gasteiger partial charge in [0.05, 0.1) is 5.41 Å². The molecule has 11 heavy (non-hydrogen) atoms. The molecule has 0 heterocycles. The molecule has 0 aliphatic rings. The lowest BCUT2D eigenvalue weighted by molar-refractivity contribution is 0.306. The third-order valence-corrected chi connectivity index (χ3v) is 1.33. The van der Waals surface area contributed by atoms with Crippen LogP contribution in [0, 0.1) is 0 Å². The minimum atomic E-state index is -3.96. The number of hydrogen-bond donors (Lipinski definition) is 2. The Labute approximate surface area is 66.4 Å². The molecule has 6 heteroatoms. The zero-order valence-corrected chi connectivity index (χ0v) is 7.30. The van der Waals surface area contributed by atoms with E-state index in [1.165, 1.54) is 6.08 Å². The summed E-state index contributed by atoms with van der Waals surface area (Å²) in [6.45, 7) is 0.368. The first-order valence-corrected chi connectivity index (χ1v) is 4.47. The second kappa shape index (κ2) is 4.45. The highest BCUT2D eigenvalue weighted by Crippen LogP contribution is 1.82. The van der Waals surface area contributed by atoms with Crippen LogP contribution in [-0.2, 0) is 10.1 Å². The minimum absolute atomic E-state index is 0.368. The maximum Gasteiger partial charge on any atom is 0.287 e. The number of nitrogens with one attached hydrogen (secondary N) is 1. The molecule has 0 aromatic heterocycles. The van der Waals surface area contributed by atoms with Crippen molar-refractivity contribution in [1.82, 2.24) is 10.4 Å². The molecule has 0 radical (unpaired) electrons. The van der Waals surface area contributed by atoms with Crippen molar-refractivity contribution in [2.24, 2.45) is 0 Å². The fourth-order valence-electron chi connectivity index (χ4n) is 0.405. The first-order valence-electron chi connectivity index (χ1n) is 2.96. The minimum Gasteiger partial charge on any atom is -0.282 e. The van der Waals surface area contributed by atoms with Crippen LogP contribution in [0.4, 0.5) is 0 Å². The van der Waals surface area contributed by atoms with Crippen molar-refractivity contribution in [3.63, 3.8) is 0 Å². The van der Waals surface area contributed by atoms with Crippen LogP contribution in [-0.4, -0.2) is 38.6 Å². The number of nitrogens with zero attached hydrogens (tertiary/aromatic N) is 1. The Hall–Kier alpha value is -0.430. The van der Waals surface area contributed by atoms with Crippen LogP contribution in [0.15, 0.2) is 11.5 Å². The van der Waals surface area contributed by atoms with Crippen LogP contribution < -0.4 is 5.43 Å². The van der Waals surface area contributed by atoms with E-state index in [1.807, 2.05) is 0 Å². The van der Waals surface area contributed by atoms with Crippen LogP contribution in [0.3, 0.4) is 0 Å². The van der Waals surface area contributed by atoms with Crippen LogP contribution in [0.25, 0.3) is 0 Å². The highest BCUT2D eigenvalue weighted by atomic mass is 32.2. The van der Waals surface area contributed by atoms with Crippen LogP contribution >= 0.6 is 0 Å². The SMILES string of the molecule is CN(C)NCC=CS(=O)(=O)O. The van der Waals surface area contributed by atoms with Gasteiger partial charge in [-0.2, -0.15) is 8.42 Å². The lowest BCUT2D eigenvalue weighted by Gasteiger charge is -2.08. The van der Waals surface area contributed by atoms with Gasteiger partial charge in [0, 0.05) is 20.6 Å². The van der Waals surface area contributed by atoms with E-state index in [0.717, 1.165) is 5.41 Å². The molecule has 0 aromatic carbocycles. The third kappa shape index (κ3) is 9.57. The van der Waals surface area contributed by atoms with E-state index in [1.54, 1.807) is 19.1 Å². The van der Waals surface area contributed by atoms with Gasteiger partial charge < -0.3 is 0 Å². The van der Waals surface area contributed by atoms with Crippen molar-refractivity contribution in [2.45, 2.75) is 0 Å². The summed E-state index contributed by atoms with van der Waals surface area (Å²) in [6, 6.07) is 0. The van der Waals surface area contributed by atoms with E-state index in [2.05, 4.69) is 5.43 Å². The molecule has 0 saturated carbocycles. The summed E-state index contributed by atoms with van der Waals surface area (Å²) >= 11 is 0. The molecule has 0 spiro atoms. The predicted molar refractivity (Wildman–Crippen MR) is 42.4 cm³/mol. The lowest BCUT2D eigenvalue weighted by Crippen LogP contribution is -2.30. The average molecular weight is 180 g/mol. The standard InChI is InChI=1S/C5H12N2O3S/c1-7(2)6-4-3-5-11(8,9)10/h3,5-6H,4H2,1-2H3,(H,8,9,10). The summed E-state index contributed by atoms with van der Waals surface area (Å²) in [5.41, 5.74) is 2.79. The van der Waals surface area contributed by atoms with Gasteiger partial charge in [-0.1, -0.05) is 6.08 Å². The Morgan fingerprint density at radius 1 is 1.55 bits per heavy atom. The largest absolute Gasteiger partial charge is 0.287 e. The topological polar surface area (TPSA) is 69.6 Å². The molecule has 5 nitrogen and oxygen atoms in total. The molecule has 0 aliphatic carbocycles. The Morgan fingerprint density at radius 2 is 2.09 bits per heavy atom. The van der Waals surface area contributed by atoms with Crippen molar-refractivity contribution in [1.29, 1.82) is 0 Å². The van der Waals surface area contributed by atoms with E-state index in [9.17, 15) is 8.42 Å². The summed E-state index contributed by atoms with van der Waals surface area (Å²) in [6.07, 6.45) is 1.31. The van der Waals surface area contributed by atoms with Crippen molar-refractivity contribution in [3.05, 3.63) is 11.5 Å². The summed E-state index contributed by atoms with van der Waals surface area (Å²) in [5.74, 6) is 0. The van der Waals surface area contributed by atoms with Gasteiger partial charge in [0.15, 0.2) is 0 Å². The van der Waals surface area contributed by atoms with Crippen LogP contribution in [0.2, 0.25) is 0 Å². The summed E-state index contributed by atoms with van der Waals surface area (Å²) in [5, 5.41) is 2.41. The molecule has 0 unspecified atom stereocenters. The highest BCUT2D eigenvalue weighted by molar-refractivity contribution is 7.88. The van der Waals surface area contributed by atoms with Gasteiger partial charge in [-0.15, -0.1) is 0 Å². The first kappa shape index (κ1) is 10.6. The maximum atomic E-state index is 10.1. The molecule has 0 atom stereocenters. The highest BCUT2D eigenvalue weighted by Gasteiger charge is 1.93. The quantitative estimate of drug-likeness (QED) is 0.449. The zero-order chi connectivity index (χ0) is 8.91. The summed E-state index contributed by atoms with van der Waals surface area (Å²) in [7, 11) is -0.403. The second-order valence-electron chi connectivity index (χ2n) is 2.14. The van der Waals surface area contributed by atoms with Crippen molar-refractivity contribution < 1.29 is 13.0 Å². The third-order valence-electron chi connectivity index (χ3n) is 0.794. The fraction of sp³-hybridized carbons (Fsp3) is 0.600. The predicted octanol–water partition coefficient (Wildman–Crippen LogP) is -0.546. The molecule has 0 aliphatic heterocycles. The lowest BCUT2D eigenvalue weighted by atomic mass is 10.6. The molecular formula is C5H12N2O3S. The second-order valence-corrected chi connectivity index (χ2v) is 3.45. The van der Waals surface area contributed by atoms with Crippen LogP contribution in [0.1, 0.15) is 0 Å². The molecule has 0 aromatic rings. The Kier molecular flexibility index (Phi) is 4.27. The average Bonchev–Trinajstić information content (AvgIpc) is 1.78. The molecule has 0 rings (SSSR count). The van der Waals surface area contributed by atoms with E-state index < -0.39 is 10.1 Å². The van der Waals surface area contributed by atoms with E-state index in [0.29, 0.717) is 6.54 Å². The number of rotatable bonds is 4. The van der Waals surface area contributed by atoms with E-state index in [4.69, 9.17) is 4.55 Å². The Bertz CT molecular complexity index is 220. The summed E-state index contributed by atoms with van der Waals surface area (Å²) in [4.78, 5) is 0.